The highest BCUT2D eigenvalue weighted by atomic mass is 79.9. The van der Waals surface area contributed by atoms with Gasteiger partial charge in [-0.25, -0.2) is 0 Å². The Bertz CT molecular complexity index is 478. The van der Waals surface area contributed by atoms with E-state index in [0.29, 0.717) is 0 Å². The molecule has 0 saturated heterocycles. The van der Waals surface area contributed by atoms with Gasteiger partial charge in [0.15, 0.2) is 0 Å². The summed E-state index contributed by atoms with van der Waals surface area (Å²) in [5.41, 5.74) is 2.75. The van der Waals surface area contributed by atoms with E-state index in [0.717, 1.165) is 29.2 Å². The number of hydrogen-bond donors (Lipinski definition) is 1. The summed E-state index contributed by atoms with van der Waals surface area (Å²) in [6.45, 7) is 4.17. The summed E-state index contributed by atoms with van der Waals surface area (Å²) in [6, 6.07) is 6.17. The Balaban J connectivity index is 2.25. The van der Waals surface area contributed by atoms with Gasteiger partial charge in [0.2, 0.25) is 0 Å². The van der Waals surface area contributed by atoms with Gasteiger partial charge >= 0.3 is 0 Å². The molecular weight excluding hydrogens is 326 g/mol. The van der Waals surface area contributed by atoms with Crippen molar-refractivity contribution < 1.29 is 4.74 Å². The SMILES string of the molecule is CCNC/C(=C/c1cc(OC)ccc1Br)C1CCCCC1. The van der Waals surface area contributed by atoms with Crippen LogP contribution in [0.1, 0.15) is 44.6 Å². The molecule has 1 N–H and O–H groups in total. The van der Waals surface area contributed by atoms with Gasteiger partial charge in [-0.2, -0.15) is 0 Å². The summed E-state index contributed by atoms with van der Waals surface area (Å²) >= 11 is 3.66. The number of ether oxygens (including phenoxy) is 1. The highest BCUT2D eigenvalue weighted by molar-refractivity contribution is 9.10. The fourth-order valence-corrected chi connectivity index (χ4v) is 3.38. The van der Waals surface area contributed by atoms with Gasteiger partial charge in [-0.05, 0) is 49.1 Å². The van der Waals surface area contributed by atoms with E-state index in [1.165, 1.54) is 43.2 Å². The van der Waals surface area contributed by atoms with Crippen LogP contribution in [0.2, 0.25) is 0 Å². The molecule has 0 radical (unpaired) electrons. The Morgan fingerprint density at radius 3 is 2.76 bits per heavy atom. The minimum Gasteiger partial charge on any atom is -0.497 e. The molecule has 0 aromatic heterocycles. The van der Waals surface area contributed by atoms with E-state index in [4.69, 9.17) is 4.74 Å². The average molecular weight is 352 g/mol. The molecule has 1 fully saturated rings. The van der Waals surface area contributed by atoms with Crippen LogP contribution in [-0.2, 0) is 0 Å². The molecule has 1 saturated carbocycles. The van der Waals surface area contributed by atoms with Gasteiger partial charge in [0.1, 0.15) is 5.75 Å². The third kappa shape index (κ3) is 4.86. The largest absolute Gasteiger partial charge is 0.497 e. The van der Waals surface area contributed by atoms with Crippen molar-refractivity contribution in [1.29, 1.82) is 0 Å². The molecule has 0 spiro atoms. The molecule has 1 aliphatic rings. The number of methoxy groups -OCH3 is 1. The summed E-state index contributed by atoms with van der Waals surface area (Å²) in [5, 5.41) is 3.50. The first-order chi connectivity index (χ1) is 10.2. The first-order valence-corrected chi connectivity index (χ1v) is 8.78. The van der Waals surface area contributed by atoms with Crippen LogP contribution in [0, 0.1) is 5.92 Å². The molecule has 0 aliphatic heterocycles. The standard InChI is InChI=1S/C18H26BrNO/c1-3-20-13-16(14-7-5-4-6-8-14)11-15-12-17(21-2)9-10-18(15)19/h9-12,14,20H,3-8,13H2,1-2H3/b16-11-. The minimum atomic E-state index is 0.732. The molecule has 21 heavy (non-hydrogen) atoms. The summed E-state index contributed by atoms with van der Waals surface area (Å²) in [6.07, 6.45) is 9.15. The average Bonchev–Trinajstić information content (AvgIpc) is 2.54. The fourth-order valence-electron chi connectivity index (χ4n) is 3.02. The van der Waals surface area contributed by atoms with E-state index in [1.807, 2.05) is 6.07 Å². The fraction of sp³-hybridized carbons (Fsp3) is 0.556. The second-order valence-corrected chi connectivity index (χ2v) is 6.58. The van der Waals surface area contributed by atoms with E-state index in [2.05, 4.69) is 46.4 Å². The van der Waals surface area contributed by atoms with E-state index in [9.17, 15) is 0 Å². The molecule has 1 aromatic rings. The number of nitrogens with one attached hydrogen (secondary N) is 1. The second kappa shape index (κ2) is 8.60. The lowest BCUT2D eigenvalue weighted by atomic mass is 9.83. The van der Waals surface area contributed by atoms with Crippen molar-refractivity contribution in [2.45, 2.75) is 39.0 Å². The van der Waals surface area contributed by atoms with Crippen LogP contribution in [0.4, 0.5) is 0 Å². The number of rotatable bonds is 6. The van der Waals surface area contributed by atoms with Crippen LogP contribution in [0.25, 0.3) is 6.08 Å². The predicted octanol–water partition coefficient (Wildman–Crippen LogP) is 5.03. The predicted molar refractivity (Wildman–Crippen MR) is 93.8 cm³/mol. The lowest BCUT2D eigenvalue weighted by Crippen LogP contribution is -2.22. The molecule has 1 aromatic carbocycles. The van der Waals surface area contributed by atoms with Crippen LogP contribution in [0.15, 0.2) is 28.2 Å². The lowest BCUT2D eigenvalue weighted by Gasteiger charge is -2.25. The maximum atomic E-state index is 5.35. The minimum absolute atomic E-state index is 0.732. The third-order valence-corrected chi connectivity index (χ3v) is 4.97. The van der Waals surface area contributed by atoms with Crippen LogP contribution in [0.5, 0.6) is 5.75 Å². The van der Waals surface area contributed by atoms with E-state index in [1.54, 1.807) is 7.11 Å². The molecule has 116 valence electrons. The van der Waals surface area contributed by atoms with Crippen LogP contribution < -0.4 is 10.1 Å². The number of likely N-dealkylation sites (N-methyl/N-ethyl adjacent to an activating group) is 1. The maximum absolute atomic E-state index is 5.35. The zero-order valence-corrected chi connectivity index (χ0v) is 14.7. The van der Waals surface area contributed by atoms with Gasteiger partial charge in [0, 0.05) is 11.0 Å². The molecule has 0 unspecified atom stereocenters. The Morgan fingerprint density at radius 1 is 1.33 bits per heavy atom. The lowest BCUT2D eigenvalue weighted by molar-refractivity contribution is 0.397. The first kappa shape index (κ1) is 16.6. The monoisotopic (exact) mass is 351 g/mol. The van der Waals surface area contributed by atoms with Gasteiger partial charge in [-0.3, -0.25) is 0 Å². The normalized spacial score (nSPS) is 17.0. The molecule has 2 nitrogen and oxygen atoms in total. The molecular formula is C18H26BrNO. The highest BCUT2D eigenvalue weighted by Gasteiger charge is 2.18. The molecule has 1 aliphatic carbocycles. The topological polar surface area (TPSA) is 21.3 Å². The van der Waals surface area contributed by atoms with Crippen molar-refractivity contribution in [3.63, 3.8) is 0 Å². The van der Waals surface area contributed by atoms with E-state index >= 15 is 0 Å². The van der Waals surface area contributed by atoms with Crippen LogP contribution >= 0.6 is 15.9 Å². The van der Waals surface area contributed by atoms with Crippen molar-refractivity contribution in [1.82, 2.24) is 5.32 Å². The summed E-state index contributed by atoms with van der Waals surface area (Å²) < 4.78 is 6.48. The molecule has 0 atom stereocenters. The van der Waals surface area contributed by atoms with Gasteiger partial charge < -0.3 is 10.1 Å². The molecule has 3 heteroatoms. The molecule has 0 heterocycles. The Morgan fingerprint density at radius 2 is 2.10 bits per heavy atom. The number of benzene rings is 1. The van der Waals surface area contributed by atoms with Gasteiger partial charge in [-0.1, -0.05) is 53.8 Å². The maximum Gasteiger partial charge on any atom is 0.119 e. The van der Waals surface area contributed by atoms with Crippen LogP contribution in [0.3, 0.4) is 0 Å². The third-order valence-electron chi connectivity index (χ3n) is 4.25. The smallest absolute Gasteiger partial charge is 0.119 e. The molecule has 0 bridgehead atoms. The molecule has 0 amide bonds. The van der Waals surface area contributed by atoms with Gasteiger partial charge in [0.05, 0.1) is 7.11 Å². The first-order valence-electron chi connectivity index (χ1n) is 7.99. The Hall–Kier alpha value is -0.800. The number of halogens is 1. The van der Waals surface area contributed by atoms with Crippen molar-refractivity contribution in [3.8, 4) is 5.75 Å². The summed E-state index contributed by atoms with van der Waals surface area (Å²) in [4.78, 5) is 0. The molecule has 2 rings (SSSR count). The van der Waals surface area contributed by atoms with Gasteiger partial charge in [0.25, 0.3) is 0 Å². The Labute approximate surface area is 137 Å². The van der Waals surface area contributed by atoms with Crippen molar-refractivity contribution in [2.75, 3.05) is 20.2 Å². The van der Waals surface area contributed by atoms with Crippen molar-refractivity contribution in [3.05, 3.63) is 33.8 Å². The van der Waals surface area contributed by atoms with Crippen LogP contribution in [-0.4, -0.2) is 20.2 Å². The zero-order chi connectivity index (χ0) is 15.1. The summed E-state index contributed by atoms with van der Waals surface area (Å²) in [5.74, 6) is 1.65. The van der Waals surface area contributed by atoms with Gasteiger partial charge in [-0.15, -0.1) is 0 Å². The zero-order valence-electron chi connectivity index (χ0n) is 13.1. The number of hydrogen-bond acceptors (Lipinski definition) is 2. The Kier molecular flexibility index (Phi) is 6.78. The van der Waals surface area contributed by atoms with E-state index in [-0.39, 0.29) is 0 Å². The van der Waals surface area contributed by atoms with Crippen molar-refractivity contribution in [2.24, 2.45) is 5.92 Å². The quantitative estimate of drug-likeness (QED) is 0.775. The van der Waals surface area contributed by atoms with Crippen molar-refractivity contribution >= 4 is 22.0 Å². The highest BCUT2D eigenvalue weighted by Crippen LogP contribution is 2.32. The summed E-state index contributed by atoms with van der Waals surface area (Å²) in [7, 11) is 1.72. The second-order valence-electron chi connectivity index (χ2n) is 5.72. The van der Waals surface area contributed by atoms with E-state index < -0.39 is 0 Å².